The molecule has 3 atom stereocenters. The second-order valence-electron chi connectivity index (χ2n) is 7.52. The van der Waals surface area contributed by atoms with Crippen LogP contribution in [0.4, 0.5) is 0 Å². The minimum atomic E-state index is -0.548. The number of nitrogens with one attached hydrogen (secondary N) is 1. The normalized spacial score (nSPS) is 29.8. The molecule has 3 rings (SSSR count). The maximum absolute atomic E-state index is 12.6. The van der Waals surface area contributed by atoms with Crippen LogP contribution in [0.5, 0.6) is 0 Å². The number of piperidine rings is 1. The fourth-order valence-electron chi connectivity index (χ4n) is 4.08. The Bertz CT molecular complexity index is 523. The van der Waals surface area contributed by atoms with Crippen molar-refractivity contribution in [2.75, 3.05) is 13.1 Å². The molecule has 0 radical (unpaired) electrons. The summed E-state index contributed by atoms with van der Waals surface area (Å²) in [5.41, 5.74) is 0. The fourth-order valence-corrected chi connectivity index (χ4v) is 4.08. The van der Waals surface area contributed by atoms with Crippen molar-refractivity contribution in [2.24, 2.45) is 5.92 Å². The first kappa shape index (κ1) is 17.4. The SMILES string of the molecule is CC(C)N1CCC(C(=O)N[C@@H]2CCC[C@@H](n3ccnc3)[C@@H]2O)CC1. The molecule has 1 amide bonds. The van der Waals surface area contributed by atoms with Gasteiger partial charge in [-0.25, -0.2) is 4.98 Å². The molecular formula is C18H30N4O2. The second-order valence-corrected chi connectivity index (χ2v) is 7.52. The Balaban J connectivity index is 1.54. The van der Waals surface area contributed by atoms with Crippen molar-refractivity contribution in [3.8, 4) is 0 Å². The van der Waals surface area contributed by atoms with Crippen LogP contribution in [0, 0.1) is 5.92 Å². The van der Waals surface area contributed by atoms with Gasteiger partial charge in [-0.3, -0.25) is 4.79 Å². The second kappa shape index (κ2) is 7.66. The highest BCUT2D eigenvalue weighted by molar-refractivity contribution is 5.79. The Morgan fingerprint density at radius 2 is 2.00 bits per heavy atom. The highest BCUT2D eigenvalue weighted by Gasteiger charge is 2.35. The molecule has 6 nitrogen and oxygen atoms in total. The van der Waals surface area contributed by atoms with Crippen LogP contribution < -0.4 is 5.32 Å². The summed E-state index contributed by atoms with van der Waals surface area (Å²) in [4.78, 5) is 19.1. The number of nitrogens with zero attached hydrogens (tertiary/aromatic N) is 3. The quantitative estimate of drug-likeness (QED) is 0.877. The minimum absolute atomic E-state index is 0.00865. The van der Waals surface area contributed by atoms with Gasteiger partial charge in [0.25, 0.3) is 0 Å². The predicted molar refractivity (Wildman–Crippen MR) is 92.5 cm³/mol. The van der Waals surface area contributed by atoms with Crippen LogP contribution in [0.1, 0.15) is 52.0 Å². The lowest BCUT2D eigenvalue weighted by atomic mass is 9.87. The number of hydrogen-bond donors (Lipinski definition) is 2. The average molecular weight is 334 g/mol. The number of aromatic nitrogens is 2. The van der Waals surface area contributed by atoms with Gasteiger partial charge < -0.3 is 19.9 Å². The molecule has 2 fully saturated rings. The Morgan fingerprint density at radius 3 is 2.62 bits per heavy atom. The van der Waals surface area contributed by atoms with Gasteiger partial charge in [0.05, 0.1) is 24.5 Å². The standard InChI is InChI=1S/C18H30N4O2/c1-13(2)21-9-6-14(7-10-21)18(24)20-15-4-3-5-16(17(15)23)22-11-8-19-12-22/h8,11-17,23H,3-7,9-10H2,1-2H3,(H,20,24)/t15-,16-,17-/m1/s1. The third-order valence-electron chi connectivity index (χ3n) is 5.69. The Morgan fingerprint density at radius 1 is 1.25 bits per heavy atom. The number of amides is 1. The molecule has 6 heteroatoms. The molecule has 1 aromatic rings. The molecule has 1 saturated heterocycles. The molecule has 24 heavy (non-hydrogen) atoms. The monoisotopic (exact) mass is 334 g/mol. The van der Waals surface area contributed by atoms with Gasteiger partial charge in [0.15, 0.2) is 0 Å². The molecule has 1 aliphatic carbocycles. The number of hydrogen-bond acceptors (Lipinski definition) is 4. The summed E-state index contributed by atoms with van der Waals surface area (Å²) >= 11 is 0. The van der Waals surface area contributed by atoms with E-state index >= 15 is 0 Å². The van der Waals surface area contributed by atoms with Gasteiger partial charge in [0, 0.05) is 24.4 Å². The number of aliphatic hydroxyl groups excluding tert-OH is 1. The maximum Gasteiger partial charge on any atom is 0.223 e. The van der Waals surface area contributed by atoms with Gasteiger partial charge in [-0.15, -0.1) is 0 Å². The molecule has 1 saturated carbocycles. The number of rotatable bonds is 4. The van der Waals surface area contributed by atoms with Gasteiger partial charge >= 0.3 is 0 Å². The van der Waals surface area contributed by atoms with Gasteiger partial charge in [-0.1, -0.05) is 0 Å². The van der Waals surface area contributed by atoms with E-state index in [1.54, 1.807) is 12.5 Å². The summed E-state index contributed by atoms with van der Waals surface area (Å²) in [6.07, 6.45) is 9.44. The van der Waals surface area contributed by atoms with Crippen LogP contribution in [0.25, 0.3) is 0 Å². The summed E-state index contributed by atoms with van der Waals surface area (Å²) in [5, 5.41) is 13.8. The van der Waals surface area contributed by atoms with Crippen molar-refractivity contribution in [2.45, 2.75) is 70.2 Å². The largest absolute Gasteiger partial charge is 0.389 e. The number of imidazole rings is 1. The van der Waals surface area contributed by atoms with E-state index in [9.17, 15) is 9.90 Å². The molecule has 2 heterocycles. The van der Waals surface area contributed by atoms with Crippen molar-refractivity contribution in [1.82, 2.24) is 19.8 Å². The molecule has 2 N–H and O–H groups in total. The van der Waals surface area contributed by atoms with E-state index in [1.165, 1.54) is 0 Å². The topological polar surface area (TPSA) is 70.4 Å². The summed E-state index contributed by atoms with van der Waals surface area (Å²) in [6.45, 7) is 6.38. The van der Waals surface area contributed by atoms with E-state index in [1.807, 2.05) is 10.8 Å². The fraction of sp³-hybridized carbons (Fsp3) is 0.778. The highest BCUT2D eigenvalue weighted by Crippen LogP contribution is 2.29. The number of aliphatic hydroxyl groups is 1. The number of carbonyl (C=O) groups is 1. The van der Waals surface area contributed by atoms with Gasteiger partial charge in [0.1, 0.15) is 0 Å². The molecule has 1 aliphatic heterocycles. The number of carbonyl (C=O) groups excluding carboxylic acids is 1. The molecule has 2 aliphatic rings. The predicted octanol–water partition coefficient (Wildman–Crippen LogP) is 1.57. The molecular weight excluding hydrogens is 304 g/mol. The Labute approximate surface area is 144 Å². The third kappa shape index (κ3) is 3.81. The molecule has 0 bridgehead atoms. The van der Waals surface area contributed by atoms with Crippen LogP contribution in [-0.2, 0) is 4.79 Å². The molecule has 1 aromatic heterocycles. The molecule has 0 aromatic carbocycles. The third-order valence-corrected chi connectivity index (χ3v) is 5.69. The first-order valence-electron chi connectivity index (χ1n) is 9.26. The van der Waals surface area contributed by atoms with E-state index < -0.39 is 6.10 Å². The zero-order valence-electron chi connectivity index (χ0n) is 14.8. The molecule has 134 valence electrons. The van der Waals surface area contributed by atoms with E-state index in [2.05, 4.69) is 29.0 Å². The van der Waals surface area contributed by atoms with E-state index in [-0.39, 0.29) is 23.9 Å². The smallest absolute Gasteiger partial charge is 0.223 e. The summed E-state index contributed by atoms with van der Waals surface area (Å²) < 4.78 is 1.96. The Kier molecular flexibility index (Phi) is 5.56. The van der Waals surface area contributed by atoms with Crippen molar-refractivity contribution in [3.05, 3.63) is 18.7 Å². The zero-order valence-corrected chi connectivity index (χ0v) is 14.8. The van der Waals surface area contributed by atoms with Gasteiger partial charge in [-0.2, -0.15) is 0 Å². The summed E-state index contributed by atoms with van der Waals surface area (Å²) in [6, 6.07) is 0.404. The first-order valence-corrected chi connectivity index (χ1v) is 9.26. The van der Waals surface area contributed by atoms with E-state index in [0.29, 0.717) is 6.04 Å². The van der Waals surface area contributed by atoms with Crippen LogP contribution in [0.3, 0.4) is 0 Å². The summed E-state index contributed by atoms with van der Waals surface area (Å²) in [7, 11) is 0. The Hall–Kier alpha value is -1.40. The van der Waals surface area contributed by atoms with Gasteiger partial charge in [0.2, 0.25) is 5.91 Å². The number of likely N-dealkylation sites (tertiary alicyclic amines) is 1. The van der Waals surface area contributed by atoms with Crippen molar-refractivity contribution >= 4 is 5.91 Å². The van der Waals surface area contributed by atoms with Gasteiger partial charge in [-0.05, 0) is 59.0 Å². The average Bonchev–Trinajstić information content (AvgIpc) is 3.11. The van der Waals surface area contributed by atoms with Crippen LogP contribution >= 0.6 is 0 Å². The van der Waals surface area contributed by atoms with Crippen LogP contribution in [0.2, 0.25) is 0 Å². The maximum atomic E-state index is 12.6. The zero-order chi connectivity index (χ0) is 17.1. The molecule has 0 unspecified atom stereocenters. The van der Waals surface area contributed by atoms with Crippen LogP contribution in [-0.4, -0.2) is 56.7 Å². The van der Waals surface area contributed by atoms with E-state index in [0.717, 1.165) is 45.2 Å². The van der Waals surface area contributed by atoms with Crippen molar-refractivity contribution in [3.63, 3.8) is 0 Å². The van der Waals surface area contributed by atoms with E-state index in [4.69, 9.17) is 0 Å². The van der Waals surface area contributed by atoms with Crippen LogP contribution in [0.15, 0.2) is 18.7 Å². The van der Waals surface area contributed by atoms with Crippen molar-refractivity contribution < 1.29 is 9.90 Å². The highest BCUT2D eigenvalue weighted by atomic mass is 16.3. The summed E-state index contributed by atoms with van der Waals surface area (Å²) in [5.74, 6) is 0.203. The lowest BCUT2D eigenvalue weighted by Crippen LogP contribution is -2.52. The minimum Gasteiger partial charge on any atom is -0.389 e. The first-order chi connectivity index (χ1) is 11.6. The lowest BCUT2D eigenvalue weighted by Gasteiger charge is -2.38. The molecule has 0 spiro atoms. The van der Waals surface area contributed by atoms with Crippen molar-refractivity contribution in [1.29, 1.82) is 0 Å². The lowest BCUT2D eigenvalue weighted by molar-refractivity contribution is -0.129.